The zero-order valence-corrected chi connectivity index (χ0v) is 10.9. The Balaban J connectivity index is 2.09. The van der Waals surface area contributed by atoms with E-state index in [-0.39, 0.29) is 0 Å². The molecule has 0 saturated heterocycles. The number of rotatable bonds is 4. The summed E-state index contributed by atoms with van der Waals surface area (Å²) >= 11 is 0. The third kappa shape index (κ3) is 2.40. The van der Waals surface area contributed by atoms with Gasteiger partial charge in [-0.25, -0.2) is 0 Å². The number of methoxy groups -OCH3 is 1. The van der Waals surface area contributed by atoms with Gasteiger partial charge < -0.3 is 9.47 Å². The van der Waals surface area contributed by atoms with Gasteiger partial charge in [0.05, 0.1) is 6.61 Å². The van der Waals surface area contributed by atoms with Gasteiger partial charge in [0.2, 0.25) is 0 Å². The molecule has 0 aliphatic carbocycles. The molecular weight excluding hydrogens is 236 g/mol. The van der Waals surface area contributed by atoms with Gasteiger partial charge in [0.1, 0.15) is 12.4 Å². The van der Waals surface area contributed by atoms with Crippen LogP contribution in [0.15, 0.2) is 54.6 Å². The summed E-state index contributed by atoms with van der Waals surface area (Å²) in [5.41, 5.74) is 0. The first kappa shape index (κ1) is 12.0. The third-order valence-electron chi connectivity index (χ3n) is 3.25. The highest BCUT2D eigenvalue weighted by Gasteiger charge is 2.03. The summed E-state index contributed by atoms with van der Waals surface area (Å²) in [5, 5.41) is 4.84. The van der Waals surface area contributed by atoms with Crippen LogP contribution in [0, 0.1) is 0 Å². The van der Waals surface area contributed by atoms with Crippen LogP contribution >= 0.6 is 0 Å². The highest BCUT2D eigenvalue weighted by Crippen LogP contribution is 2.29. The number of hydrogen-bond acceptors (Lipinski definition) is 2. The topological polar surface area (TPSA) is 18.5 Å². The summed E-state index contributed by atoms with van der Waals surface area (Å²) in [5.74, 6) is 0.917. The second-order valence-electron chi connectivity index (χ2n) is 4.52. The van der Waals surface area contributed by atoms with Crippen LogP contribution in [-0.4, -0.2) is 20.3 Å². The Kier molecular flexibility index (Phi) is 3.34. The molecule has 0 unspecified atom stereocenters. The molecule has 2 heteroatoms. The molecule has 0 N–H and O–H groups in total. The zero-order chi connectivity index (χ0) is 13.1. The van der Waals surface area contributed by atoms with E-state index < -0.39 is 0 Å². The first-order valence-electron chi connectivity index (χ1n) is 6.42. The van der Waals surface area contributed by atoms with Gasteiger partial charge in [0.25, 0.3) is 0 Å². The number of hydrogen-bond donors (Lipinski definition) is 0. The largest absolute Gasteiger partial charge is 0.491 e. The number of benzene rings is 3. The molecule has 96 valence electrons. The SMILES string of the molecule is COCCOc1cccc2cc3ccccc3cc12. The van der Waals surface area contributed by atoms with E-state index in [0.29, 0.717) is 13.2 Å². The molecule has 2 nitrogen and oxygen atoms in total. The average Bonchev–Trinajstić information content (AvgIpc) is 2.46. The lowest BCUT2D eigenvalue weighted by Gasteiger charge is -2.10. The predicted molar refractivity (Wildman–Crippen MR) is 78.8 cm³/mol. The van der Waals surface area contributed by atoms with Crippen molar-refractivity contribution in [3.63, 3.8) is 0 Å². The van der Waals surface area contributed by atoms with Crippen molar-refractivity contribution >= 4 is 21.5 Å². The Labute approximate surface area is 112 Å². The average molecular weight is 252 g/mol. The Morgan fingerprint density at radius 2 is 1.53 bits per heavy atom. The molecule has 19 heavy (non-hydrogen) atoms. The lowest BCUT2D eigenvalue weighted by Crippen LogP contribution is -2.04. The van der Waals surface area contributed by atoms with E-state index in [1.54, 1.807) is 7.11 Å². The zero-order valence-electron chi connectivity index (χ0n) is 10.9. The molecule has 0 fully saturated rings. The minimum atomic E-state index is 0.572. The van der Waals surface area contributed by atoms with Gasteiger partial charge in [-0.15, -0.1) is 0 Å². The fourth-order valence-corrected chi connectivity index (χ4v) is 2.30. The molecule has 3 aromatic carbocycles. The van der Waals surface area contributed by atoms with Gasteiger partial charge >= 0.3 is 0 Å². The van der Waals surface area contributed by atoms with E-state index in [9.17, 15) is 0 Å². The molecule has 0 aromatic heterocycles. The monoisotopic (exact) mass is 252 g/mol. The van der Waals surface area contributed by atoms with E-state index in [2.05, 4.69) is 42.5 Å². The highest BCUT2D eigenvalue weighted by atomic mass is 16.5. The first-order valence-corrected chi connectivity index (χ1v) is 6.42. The van der Waals surface area contributed by atoms with Crippen LogP contribution in [0.4, 0.5) is 0 Å². The second kappa shape index (κ2) is 5.29. The summed E-state index contributed by atoms with van der Waals surface area (Å²) in [6.45, 7) is 1.17. The molecule has 0 atom stereocenters. The first-order chi connectivity index (χ1) is 9.38. The molecule has 0 heterocycles. The molecule has 3 rings (SSSR count). The molecule has 0 radical (unpaired) electrons. The standard InChI is InChI=1S/C17H16O2/c1-18-9-10-19-17-8-4-7-15-11-13-5-2-3-6-14(13)12-16(15)17/h2-8,11-12H,9-10H2,1H3. The van der Waals surface area contributed by atoms with Crippen molar-refractivity contribution in [1.29, 1.82) is 0 Å². The van der Waals surface area contributed by atoms with Gasteiger partial charge in [-0.1, -0.05) is 36.4 Å². The Morgan fingerprint density at radius 1 is 0.789 bits per heavy atom. The van der Waals surface area contributed by atoms with Crippen LogP contribution < -0.4 is 4.74 Å². The maximum Gasteiger partial charge on any atom is 0.127 e. The summed E-state index contributed by atoms with van der Waals surface area (Å²) in [6, 6.07) is 18.9. The molecule has 0 spiro atoms. The van der Waals surface area contributed by atoms with Crippen LogP contribution in [-0.2, 0) is 4.74 Å². The molecule has 0 aliphatic rings. The van der Waals surface area contributed by atoms with Crippen LogP contribution in [0.5, 0.6) is 5.75 Å². The predicted octanol–water partition coefficient (Wildman–Crippen LogP) is 4.02. The summed E-state index contributed by atoms with van der Waals surface area (Å²) < 4.78 is 10.8. The molecule has 0 aliphatic heterocycles. The quantitative estimate of drug-likeness (QED) is 0.516. The van der Waals surface area contributed by atoms with E-state index in [0.717, 1.165) is 11.1 Å². The minimum absolute atomic E-state index is 0.572. The van der Waals surface area contributed by atoms with E-state index in [4.69, 9.17) is 9.47 Å². The smallest absolute Gasteiger partial charge is 0.127 e. The van der Waals surface area contributed by atoms with Crippen LogP contribution in [0.25, 0.3) is 21.5 Å². The summed E-state index contributed by atoms with van der Waals surface area (Å²) in [7, 11) is 1.68. The van der Waals surface area contributed by atoms with Crippen molar-refractivity contribution in [3.05, 3.63) is 54.6 Å². The van der Waals surface area contributed by atoms with Crippen molar-refractivity contribution in [3.8, 4) is 5.75 Å². The fraction of sp³-hybridized carbons (Fsp3) is 0.176. The van der Waals surface area contributed by atoms with Crippen molar-refractivity contribution < 1.29 is 9.47 Å². The van der Waals surface area contributed by atoms with Gasteiger partial charge in [-0.05, 0) is 34.4 Å². The van der Waals surface area contributed by atoms with Gasteiger partial charge in [0, 0.05) is 12.5 Å². The lowest BCUT2D eigenvalue weighted by atomic mass is 10.0. The molecule has 0 bridgehead atoms. The summed E-state index contributed by atoms with van der Waals surface area (Å²) in [6.07, 6.45) is 0. The van der Waals surface area contributed by atoms with Crippen molar-refractivity contribution in [1.82, 2.24) is 0 Å². The van der Waals surface area contributed by atoms with Gasteiger partial charge in [-0.2, -0.15) is 0 Å². The third-order valence-corrected chi connectivity index (χ3v) is 3.25. The number of ether oxygens (including phenoxy) is 2. The van der Waals surface area contributed by atoms with E-state index in [1.165, 1.54) is 16.2 Å². The van der Waals surface area contributed by atoms with Gasteiger partial charge in [0.15, 0.2) is 0 Å². The summed E-state index contributed by atoms with van der Waals surface area (Å²) in [4.78, 5) is 0. The lowest BCUT2D eigenvalue weighted by molar-refractivity contribution is 0.147. The fourth-order valence-electron chi connectivity index (χ4n) is 2.30. The van der Waals surface area contributed by atoms with E-state index in [1.807, 2.05) is 12.1 Å². The Morgan fingerprint density at radius 3 is 2.32 bits per heavy atom. The highest BCUT2D eigenvalue weighted by molar-refractivity contribution is 6.00. The normalized spacial score (nSPS) is 11.0. The van der Waals surface area contributed by atoms with E-state index >= 15 is 0 Å². The number of fused-ring (bicyclic) bond motifs is 2. The van der Waals surface area contributed by atoms with Crippen molar-refractivity contribution in [2.75, 3.05) is 20.3 Å². The minimum Gasteiger partial charge on any atom is -0.491 e. The van der Waals surface area contributed by atoms with Crippen LogP contribution in [0.2, 0.25) is 0 Å². The molecule has 0 amide bonds. The molecule has 0 saturated carbocycles. The second-order valence-corrected chi connectivity index (χ2v) is 4.52. The van der Waals surface area contributed by atoms with Crippen molar-refractivity contribution in [2.45, 2.75) is 0 Å². The maximum atomic E-state index is 5.78. The van der Waals surface area contributed by atoms with Gasteiger partial charge in [-0.3, -0.25) is 0 Å². The van der Waals surface area contributed by atoms with Crippen LogP contribution in [0.1, 0.15) is 0 Å². The molecule has 3 aromatic rings. The van der Waals surface area contributed by atoms with Crippen molar-refractivity contribution in [2.24, 2.45) is 0 Å². The Bertz CT molecular complexity index is 704. The van der Waals surface area contributed by atoms with Crippen LogP contribution in [0.3, 0.4) is 0 Å². The maximum absolute atomic E-state index is 5.78. The Hall–Kier alpha value is -2.06. The molecular formula is C17H16O2.